The molecule has 0 unspecified atom stereocenters. The van der Waals surface area contributed by atoms with Crippen LogP contribution in [0.15, 0.2) is 58.3 Å². The smallest absolute Gasteiger partial charge is 0.280 e. The Morgan fingerprint density at radius 3 is 2.56 bits per heavy atom. The number of carbonyl (C=O) groups excluding carboxylic acids is 1. The van der Waals surface area contributed by atoms with Gasteiger partial charge in [0.05, 0.1) is 34.8 Å². The summed E-state index contributed by atoms with van der Waals surface area (Å²) in [6, 6.07) is 9.44. The molecule has 0 atom stereocenters. The van der Waals surface area contributed by atoms with Gasteiger partial charge in [0.2, 0.25) is 0 Å². The second kappa shape index (κ2) is 13.2. The molecule has 5 rings (SSSR count). The lowest BCUT2D eigenvalue weighted by Gasteiger charge is -2.28. The average molecular weight is 625 g/mol. The van der Waals surface area contributed by atoms with Crippen LogP contribution in [0.2, 0.25) is 5.02 Å². The lowest BCUT2D eigenvalue weighted by molar-refractivity contribution is 0.0723. The van der Waals surface area contributed by atoms with Gasteiger partial charge in [0.1, 0.15) is 16.5 Å². The van der Waals surface area contributed by atoms with E-state index in [2.05, 4.69) is 9.97 Å². The molecular formula is C32H31ClF2N4O3S. The number of hydrogen-bond acceptors (Lipinski definition) is 6. The Balaban J connectivity index is 1.76. The van der Waals surface area contributed by atoms with Gasteiger partial charge in [-0.2, -0.15) is 0 Å². The second-order valence-electron chi connectivity index (χ2n) is 10.4. The quantitative estimate of drug-likeness (QED) is 0.198. The minimum absolute atomic E-state index is 0.175. The Bertz CT molecular complexity index is 1720. The summed E-state index contributed by atoms with van der Waals surface area (Å²) in [5, 5.41) is 2.52. The highest BCUT2D eigenvalue weighted by Crippen LogP contribution is 2.33. The molecule has 0 spiro atoms. The van der Waals surface area contributed by atoms with Crippen LogP contribution in [0.5, 0.6) is 5.75 Å². The summed E-state index contributed by atoms with van der Waals surface area (Å²) in [4.78, 5) is 38.9. The fourth-order valence-electron chi connectivity index (χ4n) is 5.04. The van der Waals surface area contributed by atoms with E-state index in [1.165, 1.54) is 34.2 Å². The predicted octanol–water partition coefficient (Wildman–Crippen LogP) is 8.06. The molecule has 1 aliphatic rings. The highest BCUT2D eigenvalue weighted by Gasteiger charge is 2.27. The number of pyridine rings is 2. The first-order valence-corrected chi connectivity index (χ1v) is 15.3. The fraction of sp³-hybridized carbons (Fsp3) is 0.312. The van der Waals surface area contributed by atoms with Crippen molar-refractivity contribution >= 4 is 34.9 Å². The van der Waals surface area contributed by atoms with Gasteiger partial charge in [-0.25, -0.2) is 13.8 Å². The van der Waals surface area contributed by atoms with Crippen LogP contribution in [0.3, 0.4) is 0 Å². The summed E-state index contributed by atoms with van der Waals surface area (Å²) in [6.45, 7) is 7.27. The third-order valence-electron chi connectivity index (χ3n) is 7.04. The molecule has 1 amide bonds. The van der Waals surface area contributed by atoms with Crippen molar-refractivity contribution in [3.05, 3.63) is 85.9 Å². The monoisotopic (exact) mass is 624 g/mol. The molecule has 43 heavy (non-hydrogen) atoms. The second-order valence-corrected chi connectivity index (χ2v) is 11.7. The number of thiazole rings is 1. The van der Waals surface area contributed by atoms with E-state index in [0.717, 1.165) is 24.8 Å². The van der Waals surface area contributed by atoms with Crippen molar-refractivity contribution in [2.75, 3.05) is 19.7 Å². The fourth-order valence-corrected chi connectivity index (χ4v) is 6.04. The molecule has 224 valence electrons. The number of rotatable bonds is 8. The molecule has 0 saturated carbocycles. The van der Waals surface area contributed by atoms with Gasteiger partial charge in [-0.3, -0.25) is 19.1 Å². The first-order valence-electron chi connectivity index (χ1n) is 14.0. The van der Waals surface area contributed by atoms with Crippen molar-refractivity contribution < 1.29 is 18.3 Å². The first-order chi connectivity index (χ1) is 20.7. The number of carbonyl (C=O) groups is 1. The largest absolute Gasteiger partial charge is 0.492 e. The zero-order valence-corrected chi connectivity index (χ0v) is 25.6. The van der Waals surface area contributed by atoms with E-state index in [-0.39, 0.29) is 17.2 Å². The lowest BCUT2D eigenvalue weighted by Crippen LogP contribution is -2.37. The van der Waals surface area contributed by atoms with Crippen LogP contribution < -0.4 is 10.3 Å². The molecular weight excluding hydrogens is 594 g/mol. The van der Waals surface area contributed by atoms with Gasteiger partial charge < -0.3 is 9.64 Å². The summed E-state index contributed by atoms with van der Waals surface area (Å²) in [6.07, 6.45) is 3.36. The predicted molar refractivity (Wildman–Crippen MR) is 167 cm³/mol. The zero-order chi connectivity index (χ0) is 30.7. The van der Waals surface area contributed by atoms with Crippen LogP contribution in [0.4, 0.5) is 8.78 Å². The third kappa shape index (κ3) is 6.55. The van der Waals surface area contributed by atoms with Gasteiger partial charge in [-0.15, -0.1) is 11.3 Å². The molecule has 3 aromatic heterocycles. The van der Waals surface area contributed by atoms with Gasteiger partial charge in [-0.1, -0.05) is 17.2 Å². The van der Waals surface area contributed by atoms with E-state index in [4.69, 9.17) is 16.3 Å². The zero-order valence-electron chi connectivity index (χ0n) is 24.1. The number of amides is 1. The maximum atomic E-state index is 14.4. The number of aromatic nitrogens is 3. The maximum Gasteiger partial charge on any atom is 0.280 e. The summed E-state index contributed by atoms with van der Waals surface area (Å²) in [5.74, 6) is 0.265. The highest BCUT2D eigenvalue weighted by atomic mass is 35.5. The van der Waals surface area contributed by atoms with E-state index in [9.17, 15) is 18.4 Å². The number of alkyl halides is 2. The average Bonchev–Trinajstić information content (AvgIpc) is 3.48. The van der Waals surface area contributed by atoms with E-state index in [0.29, 0.717) is 63.7 Å². The van der Waals surface area contributed by atoms with Gasteiger partial charge >= 0.3 is 0 Å². The number of benzene rings is 1. The Labute approximate surface area is 257 Å². The van der Waals surface area contributed by atoms with Gasteiger partial charge in [0, 0.05) is 35.3 Å². The summed E-state index contributed by atoms with van der Waals surface area (Å²) in [5.41, 5.74) is 2.59. The van der Waals surface area contributed by atoms with Gasteiger partial charge in [-0.05, 0) is 82.5 Å². The SMILES string of the molecule is CCOc1ccc(Cl)cc1-n1c(C=C(C)C)c(C(=O)N2CCCCC2)cc(-c2nc(-c3ccc(C(F)F)nc3)cs2)c1=O. The number of hydrogen-bond donors (Lipinski definition) is 0. The van der Waals surface area contributed by atoms with Crippen LogP contribution in [0.1, 0.15) is 68.2 Å². The summed E-state index contributed by atoms with van der Waals surface area (Å²) >= 11 is 7.66. The molecule has 0 N–H and O–H groups in total. The van der Waals surface area contributed by atoms with Crippen LogP contribution >= 0.6 is 22.9 Å². The van der Waals surface area contributed by atoms with E-state index in [1.54, 1.807) is 29.6 Å². The minimum Gasteiger partial charge on any atom is -0.492 e. The number of ether oxygens (including phenoxy) is 1. The van der Waals surface area contributed by atoms with Gasteiger partial charge in [0.25, 0.3) is 17.9 Å². The summed E-state index contributed by atoms with van der Waals surface area (Å²) < 4.78 is 33.5. The third-order valence-corrected chi connectivity index (χ3v) is 8.15. The first kappa shape index (κ1) is 30.6. The Hall–Kier alpha value is -3.89. The topological polar surface area (TPSA) is 77.3 Å². The van der Waals surface area contributed by atoms with Gasteiger partial charge in [0.15, 0.2) is 0 Å². The molecule has 7 nitrogen and oxygen atoms in total. The summed E-state index contributed by atoms with van der Waals surface area (Å²) in [7, 11) is 0. The maximum absolute atomic E-state index is 14.4. The number of allylic oxidation sites excluding steroid dienone is 1. The van der Waals surface area contributed by atoms with Crippen LogP contribution in [-0.2, 0) is 0 Å². The molecule has 1 fully saturated rings. The van der Waals surface area contributed by atoms with Crippen molar-refractivity contribution in [3.63, 3.8) is 0 Å². The molecule has 4 aromatic rings. The molecule has 0 aliphatic carbocycles. The van der Waals surface area contributed by atoms with E-state index < -0.39 is 12.0 Å². The highest BCUT2D eigenvalue weighted by molar-refractivity contribution is 7.13. The van der Waals surface area contributed by atoms with Crippen LogP contribution in [0.25, 0.3) is 33.6 Å². The molecule has 4 heterocycles. The van der Waals surface area contributed by atoms with Crippen molar-refractivity contribution in [1.82, 2.24) is 19.4 Å². The van der Waals surface area contributed by atoms with Crippen molar-refractivity contribution in [3.8, 4) is 33.3 Å². The lowest BCUT2D eigenvalue weighted by atomic mass is 10.0. The molecule has 11 heteroatoms. The number of likely N-dealkylation sites (tertiary alicyclic amines) is 1. The minimum atomic E-state index is -2.68. The molecule has 1 aliphatic heterocycles. The Morgan fingerprint density at radius 2 is 1.91 bits per heavy atom. The van der Waals surface area contributed by atoms with Crippen molar-refractivity contribution in [2.24, 2.45) is 0 Å². The van der Waals surface area contributed by atoms with E-state index in [1.807, 2.05) is 31.7 Å². The molecule has 1 saturated heterocycles. The number of halogens is 3. The Kier molecular flexibility index (Phi) is 9.37. The standard InChI is InChI=1S/C32H31ClF2N4O3S/c1-4-42-28-11-9-21(33)15-27(28)39-26(14-19(2)3)22(31(40)38-12-6-5-7-13-38)16-23(32(39)41)30-37-25(18-43-30)20-8-10-24(29(34)35)36-17-20/h8-11,14-18,29H,4-7,12-13H2,1-3H3. The van der Waals surface area contributed by atoms with E-state index >= 15 is 0 Å². The van der Waals surface area contributed by atoms with Crippen molar-refractivity contribution in [1.29, 1.82) is 0 Å². The van der Waals surface area contributed by atoms with Crippen LogP contribution in [-0.4, -0.2) is 45.0 Å². The number of piperidine rings is 1. The number of nitrogens with zero attached hydrogens (tertiary/aromatic N) is 4. The molecule has 0 bridgehead atoms. The normalized spacial score (nSPS) is 13.3. The van der Waals surface area contributed by atoms with Crippen molar-refractivity contribution in [2.45, 2.75) is 46.5 Å². The molecule has 1 aromatic carbocycles. The molecule has 0 radical (unpaired) electrons. The Morgan fingerprint density at radius 1 is 1.14 bits per heavy atom. The van der Waals surface area contributed by atoms with Crippen LogP contribution in [0, 0.1) is 0 Å².